The highest BCUT2D eigenvalue weighted by Crippen LogP contribution is 2.17. The van der Waals surface area contributed by atoms with E-state index in [-0.39, 0.29) is 25.0 Å². The van der Waals surface area contributed by atoms with Crippen molar-refractivity contribution in [2.24, 2.45) is 0 Å². The van der Waals surface area contributed by atoms with Gasteiger partial charge in [-0.2, -0.15) is 0 Å². The van der Waals surface area contributed by atoms with Crippen LogP contribution in [0.2, 0.25) is 0 Å². The third kappa shape index (κ3) is 61.8. The molecule has 0 aromatic rings. The molecule has 10 heteroatoms. The molecule has 0 aromatic carbocycles. The van der Waals surface area contributed by atoms with E-state index < -0.39 is 0 Å². The van der Waals surface area contributed by atoms with Crippen LogP contribution in [-0.4, -0.2) is 146 Å². The van der Waals surface area contributed by atoms with Crippen LogP contribution < -0.4 is 10.6 Å². The van der Waals surface area contributed by atoms with Gasteiger partial charge < -0.3 is 30.6 Å². The second-order valence-corrected chi connectivity index (χ2v) is 25.6. The number of rotatable bonds is 71. The van der Waals surface area contributed by atoms with Gasteiger partial charge in [-0.15, -0.1) is 0 Å². The zero-order valence-electron chi connectivity index (χ0n) is 56.2. The fourth-order valence-electron chi connectivity index (χ4n) is 12.0. The highest BCUT2D eigenvalue weighted by Gasteiger charge is 2.14. The van der Waals surface area contributed by atoms with E-state index in [9.17, 15) is 19.8 Å². The monoisotopic (exact) mass is 1160 g/mol. The molecule has 0 aliphatic rings. The summed E-state index contributed by atoms with van der Waals surface area (Å²) < 4.78 is 0. The molecule has 4 N–H and O–H groups in total. The average Bonchev–Trinajstić information content (AvgIpc) is 3.47. The van der Waals surface area contributed by atoms with Crippen LogP contribution in [0.25, 0.3) is 0 Å². The lowest BCUT2D eigenvalue weighted by molar-refractivity contribution is -0.122. The summed E-state index contributed by atoms with van der Waals surface area (Å²) in [7, 11) is 0. The van der Waals surface area contributed by atoms with Crippen molar-refractivity contribution in [3.63, 3.8) is 0 Å². The molecule has 10 nitrogen and oxygen atoms in total. The van der Waals surface area contributed by atoms with Crippen molar-refractivity contribution in [3.05, 3.63) is 0 Å². The van der Waals surface area contributed by atoms with Gasteiger partial charge in [-0.05, 0) is 51.9 Å². The molecule has 0 aliphatic heterocycles. The molecule has 0 saturated carbocycles. The van der Waals surface area contributed by atoms with Gasteiger partial charge in [-0.25, -0.2) is 0 Å². The summed E-state index contributed by atoms with van der Waals surface area (Å²) in [6, 6.07) is 0. The van der Waals surface area contributed by atoms with E-state index in [4.69, 9.17) is 0 Å². The maximum atomic E-state index is 13.2. The Morgan fingerprint density at radius 3 is 0.610 bits per heavy atom. The van der Waals surface area contributed by atoms with E-state index in [2.05, 4.69) is 57.9 Å². The van der Waals surface area contributed by atoms with Gasteiger partial charge in [-0.3, -0.25) is 19.4 Å². The number of carbonyl (C=O) groups is 2. The number of hydrogen-bond acceptors (Lipinski definition) is 8. The molecule has 0 spiro atoms. The Hall–Kier alpha value is -1.30. The maximum absolute atomic E-state index is 13.2. The third-order valence-corrected chi connectivity index (χ3v) is 17.7. The minimum atomic E-state index is 0.0346. The first-order chi connectivity index (χ1) is 40.4. The quantitative estimate of drug-likeness (QED) is 0.0446. The molecule has 2 amide bonds. The minimum absolute atomic E-state index is 0.0346. The largest absolute Gasteiger partial charge is 0.395 e. The standard InChI is InChI=1S/C72H148N6O4/c1-5-9-13-17-21-25-29-33-37-41-45-49-57-75(58-50-46-42-38-34-30-26-22-18-14-10-6-2)63-55-73-71(81)53-61-77(67-69-79)65-66-78(68-70-80)62-54-72(82)74-56-64-76(59-51-47-43-39-35-31-27-23-19-15-11-7-3)60-52-48-44-40-36-32-28-24-20-16-12-8-4/h79-80H,5-70H2,1-4H3,(H,73,81)(H,74,82). The predicted octanol–water partition coefficient (Wildman–Crippen LogP) is 18.0. The zero-order chi connectivity index (χ0) is 59.5. The van der Waals surface area contributed by atoms with Crippen molar-refractivity contribution in [2.45, 2.75) is 349 Å². The summed E-state index contributed by atoms with van der Waals surface area (Å²) in [5.41, 5.74) is 0. The van der Waals surface area contributed by atoms with Crippen LogP contribution in [0.5, 0.6) is 0 Å². The van der Waals surface area contributed by atoms with Crippen LogP contribution >= 0.6 is 0 Å². The van der Waals surface area contributed by atoms with Crippen molar-refractivity contribution in [2.75, 3.05) is 105 Å². The summed E-state index contributed by atoms with van der Waals surface area (Å²) >= 11 is 0. The van der Waals surface area contributed by atoms with Gasteiger partial charge >= 0.3 is 0 Å². The van der Waals surface area contributed by atoms with E-state index >= 15 is 0 Å². The number of amides is 2. The van der Waals surface area contributed by atoms with Crippen LogP contribution in [0.15, 0.2) is 0 Å². The average molecular weight is 1160 g/mol. The summed E-state index contributed by atoms with van der Waals surface area (Å²) in [6.07, 6.45) is 66.4. The number of aliphatic hydroxyl groups excluding tert-OH is 2. The topological polar surface area (TPSA) is 112 Å². The molecule has 0 rings (SSSR count). The fourth-order valence-corrected chi connectivity index (χ4v) is 12.0. The molecule has 82 heavy (non-hydrogen) atoms. The summed E-state index contributed by atoms with van der Waals surface area (Å²) in [5, 5.41) is 26.4. The van der Waals surface area contributed by atoms with E-state index in [1.54, 1.807) is 0 Å². The van der Waals surface area contributed by atoms with Crippen molar-refractivity contribution in [3.8, 4) is 0 Å². The van der Waals surface area contributed by atoms with E-state index in [0.29, 0.717) is 65.2 Å². The highest BCUT2D eigenvalue weighted by molar-refractivity contribution is 5.76. The second kappa shape index (κ2) is 68.8. The number of aliphatic hydroxyl groups is 2. The van der Waals surface area contributed by atoms with Crippen LogP contribution in [0.3, 0.4) is 0 Å². The molecule has 0 saturated heterocycles. The Morgan fingerprint density at radius 2 is 0.415 bits per heavy atom. The second-order valence-electron chi connectivity index (χ2n) is 25.6. The lowest BCUT2D eigenvalue weighted by Gasteiger charge is -2.27. The minimum Gasteiger partial charge on any atom is -0.395 e. The molecule has 0 bridgehead atoms. The Labute approximate surface area is 513 Å². The van der Waals surface area contributed by atoms with Crippen molar-refractivity contribution >= 4 is 11.8 Å². The fraction of sp³-hybridized carbons (Fsp3) is 0.972. The van der Waals surface area contributed by atoms with Crippen LogP contribution in [-0.2, 0) is 9.59 Å². The van der Waals surface area contributed by atoms with Gasteiger partial charge in [0.05, 0.1) is 13.2 Å². The van der Waals surface area contributed by atoms with Gasteiger partial charge in [-0.1, -0.05) is 310 Å². The Bertz CT molecular complexity index is 1100. The van der Waals surface area contributed by atoms with Crippen LogP contribution in [0, 0.1) is 0 Å². The smallest absolute Gasteiger partial charge is 0.221 e. The van der Waals surface area contributed by atoms with Crippen molar-refractivity contribution in [1.29, 1.82) is 0 Å². The number of hydrogen-bond donors (Lipinski definition) is 4. The van der Waals surface area contributed by atoms with E-state index in [0.717, 1.165) is 39.3 Å². The maximum Gasteiger partial charge on any atom is 0.221 e. The lowest BCUT2D eigenvalue weighted by atomic mass is 10.0. The molecule has 0 aliphatic carbocycles. The normalized spacial score (nSPS) is 11.9. The third-order valence-electron chi connectivity index (χ3n) is 17.7. The molecule has 490 valence electrons. The van der Waals surface area contributed by atoms with Gasteiger partial charge in [0.15, 0.2) is 0 Å². The predicted molar refractivity (Wildman–Crippen MR) is 359 cm³/mol. The number of carbonyl (C=O) groups excluding carboxylic acids is 2. The molecule has 0 aromatic heterocycles. The van der Waals surface area contributed by atoms with Crippen molar-refractivity contribution < 1.29 is 19.8 Å². The summed E-state index contributed by atoms with van der Waals surface area (Å²) in [6.45, 7) is 20.4. The molecular formula is C72H148N6O4. The van der Waals surface area contributed by atoms with Crippen LogP contribution in [0.1, 0.15) is 349 Å². The first-order valence-electron chi connectivity index (χ1n) is 37.1. The number of nitrogens with zero attached hydrogens (tertiary/aromatic N) is 4. The molecule has 0 unspecified atom stereocenters. The van der Waals surface area contributed by atoms with Gasteiger partial charge in [0.2, 0.25) is 11.8 Å². The highest BCUT2D eigenvalue weighted by atomic mass is 16.3. The van der Waals surface area contributed by atoms with E-state index in [1.165, 1.54) is 308 Å². The molecular weight excluding hydrogens is 1010 g/mol. The molecule has 0 heterocycles. The Morgan fingerprint density at radius 1 is 0.232 bits per heavy atom. The van der Waals surface area contributed by atoms with Gasteiger partial charge in [0.25, 0.3) is 0 Å². The van der Waals surface area contributed by atoms with Crippen molar-refractivity contribution in [1.82, 2.24) is 30.2 Å². The first kappa shape index (κ1) is 80.7. The first-order valence-corrected chi connectivity index (χ1v) is 37.1. The lowest BCUT2D eigenvalue weighted by Crippen LogP contribution is -2.41. The Balaban J connectivity index is 4.88. The van der Waals surface area contributed by atoms with Gasteiger partial charge in [0, 0.05) is 78.3 Å². The van der Waals surface area contributed by atoms with Gasteiger partial charge in [0.1, 0.15) is 0 Å². The molecule has 0 atom stereocenters. The Kier molecular flexibility index (Phi) is 67.7. The number of nitrogens with one attached hydrogen (secondary N) is 2. The summed E-state index contributed by atoms with van der Waals surface area (Å²) in [5.74, 6) is 0.147. The zero-order valence-corrected chi connectivity index (χ0v) is 56.2. The molecule has 0 fully saturated rings. The number of unbranched alkanes of at least 4 members (excludes halogenated alkanes) is 44. The SMILES string of the molecule is CCCCCCCCCCCCCCN(CCCCCCCCCCCCCC)CCNC(=O)CCN(CCO)CCN(CCO)CCC(=O)NCCN(CCCCCCCCCCCCCC)CCCCCCCCCCCCCC. The summed E-state index contributed by atoms with van der Waals surface area (Å²) in [4.78, 5) is 35.9. The van der Waals surface area contributed by atoms with Crippen LogP contribution in [0.4, 0.5) is 0 Å². The molecule has 0 radical (unpaired) electrons. The van der Waals surface area contributed by atoms with E-state index in [1.807, 2.05) is 0 Å².